The van der Waals surface area contributed by atoms with Crippen molar-refractivity contribution >= 4 is 27.6 Å². The molecule has 1 heterocycles. The first-order valence-corrected chi connectivity index (χ1v) is 11.3. The lowest BCUT2D eigenvalue weighted by molar-refractivity contribution is -0.118. The summed E-state index contributed by atoms with van der Waals surface area (Å²) < 4.78 is 26.3. The van der Waals surface area contributed by atoms with Crippen LogP contribution in [0.25, 0.3) is 0 Å². The summed E-state index contributed by atoms with van der Waals surface area (Å²) in [4.78, 5) is 16.7. The van der Waals surface area contributed by atoms with Crippen LogP contribution in [0.3, 0.4) is 0 Å². The molecule has 6 nitrogen and oxygen atoms in total. The third-order valence-corrected chi connectivity index (χ3v) is 7.37. The normalized spacial score (nSPS) is 14.0. The Morgan fingerprint density at radius 3 is 2.42 bits per heavy atom. The van der Waals surface area contributed by atoms with Gasteiger partial charge in [-0.1, -0.05) is 27.2 Å². The van der Waals surface area contributed by atoms with Crippen molar-refractivity contribution in [2.75, 3.05) is 18.8 Å². The SMILES string of the molecule is CCCCS[C@H](C)C(=O)[C@H](C#N)c1ccc(S(=O)(=O)N(CC)CC)cn1. The van der Waals surface area contributed by atoms with Gasteiger partial charge >= 0.3 is 0 Å². The number of sulfonamides is 1. The van der Waals surface area contributed by atoms with Gasteiger partial charge in [0, 0.05) is 19.3 Å². The highest BCUT2D eigenvalue weighted by atomic mass is 32.2. The van der Waals surface area contributed by atoms with Gasteiger partial charge in [-0.05, 0) is 31.2 Å². The summed E-state index contributed by atoms with van der Waals surface area (Å²) in [6.07, 6.45) is 3.31. The van der Waals surface area contributed by atoms with Crippen LogP contribution in [0.15, 0.2) is 23.2 Å². The zero-order chi connectivity index (χ0) is 19.7. The summed E-state index contributed by atoms with van der Waals surface area (Å²) in [5.74, 6) is -0.305. The third-order valence-electron chi connectivity index (χ3n) is 4.08. The molecule has 0 bridgehead atoms. The van der Waals surface area contributed by atoms with E-state index in [1.54, 1.807) is 20.8 Å². The molecule has 0 aromatic carbocycles. The van der Waals surface area contributed by atoms with Crippen LogP contribution < -0.4 is 0 Å². The number of aromatic nitrogens is 1. The van der Waals surface area contributed by atoms with E-state index in [-0.39, 0.29) is 15.9 Å². The van der Waals surface area contributed by atoms with E-state index in [0.717, 1.165) is 18.6 Å². The average molecular weight is 398 g/mol. The smallest absolute Gasteiger partial charge is 0.244 e. The number of hydrogen-bond donors (Lipinski definition) is 0. The maximum atomic E-state index is 12.5. The van der Waals surface area contributed by atoms with Gasteiger partial charge in [0.05, 0.1) is 17.0 Å². The Hall–Kier alpha value is -1.43. The Labute approximate surface area is 161 Å². The molecule has 0 spiro atoms. The molecule has 144 valence electrons. The molecule has 0 N–H and O–H groups in total. The van der Waals surface area contributed by atoms with E-state index in [1.165, 1.54) is 34.4 Å². The fraction of sp³-hybridized carbons (Fsp3) is 0.611. The highest BCUT2D eigenvalue weighted by molar-refractivity contribution is 8.00. The molecule has 8 heteroatoms. The topological polar surface area (TPSA) is 91.1 Å². The number of rotatable bonds is 11. The first kappa shape index (κ1) is 22.6. The van der Waals surface area contributed by atoms with Crippen molar-refractivity contribution in [2.24, 2.45) is 0 Å². The monoisotopic (exact) mass is 397 g/mol. The molecule has 0 saturated heterocycles. The fourth-order valence-electron chi connectivity index (χ4n) is 2.42. The molecule has 0 saturated carbocycles. The zero-order valence-electron chi connectivity index (χ0n) is 15.8. The van der Waals surface area contributed by atoms with E-state index < -0.39 is 15.9 Å². The summed E-state index contributed by atoms with van der Waals surface area (Å²) in [5.41, 5.74) is 0.291. The lowest BCUT2D eigenvalue weighted by Gasteiger charge is -2.18. The molecule has 0 aliphatic heterocycles. The largest absolute Gasteiger partial charge is 0.297 e. The van der Waals surface area contributed by atoms with Gasteiger partial charge in [0.25, 0.3) is 0 Å². The Morgan fingerprint density at radius 2 is 1.96 bits per heavy atom. The van der Waals surface area contributed by atoms with Gasteiger partial charge in [-0.25, -0.2) is 8.42 Å². The van der Waals surface area contributed by atoms with Gasteiger partial charge in [-0.3, -0.25) is 9.78 Å². The lowest BCUT2D eigenvalue weighted by Crippen LogP contribution is -2.30. The van der Waals surface area contributed by atoms with E-state index in [9.17, 15) is 18.5 Å². The van der Waals surface area contributed by atoms with E-state index in [1.807, 2.05) is 6.07 Å². The molecule has 0 amide bonds. The first-order chi connectivity index (χ1) is 12.3. The van der Waals surface area contributed by atoms with Crippen molar-refractivity contribution < 1.29 is 13.2 Å². The molecular formula is C18H27N3O3S2. The summed E-state index contributed by atoms with van der Waals surface area (Å²) in [5, 5.41) is 9.12. The molecule has 0 radical (unpaired) electrons. The number of unbranched alkanes of at least 4 members (excludes halogenated alkanes) is 1. The second-order valence-electron chi connectivity index (χ2n) is 5.84. The Balaban J connectivity index is 2.98. The quantitative estimate of drug-likeness (QED) is 0.533. The van der Waals surface area contributed by atoms with Crippen molar-refractivity contribution in [3.63, 3.8) is 0 Å². The van der Waals surface area contributed by atoms with Crippen LogP contribution in [0.1, 0.15) is 52.1 Å². The number of ketones is 1. The second-order valence-corrected chi connectivity index (χ2v) is 9.23. The summed E-state index contributed by atoms with van der Waals surface area (Å²) in [6, 6.07) is 4.89. The molecule has 1 aromatic rings. The summed E-state index contributed by atoms with van der Waals surface area (Å²) in [7, 11) is -3.60. The number of nitrogens with zero attached hydrogens (tertiary/aromatic N) is 3. The van der Waals surface area contributed by atoms with Gasteiger partial charge in [0.2, 0.25) is 10.0 Å². The predicted octanol–water partition coefficient (Wildman–Crippen LogP) is 3.21. The van der Waals surface area contributed by atoms with Crippen molar-refractivity contribution in [3.8, 4) is 6.07 Å². The lowest BCUT2D eigenvalue weighted by atomic mass is 9.99. The Morgan fingerprint density at radius 1 is 1.31 bits per heavy atom. The minimum Gasteiger partial charge on any atom is -0.297 e. The first-order valence-electron chi connectivity index (χ1n) is 8.84. The van der Waals surface area contributed by atoms with Crippen LogP contribution in [0.2, 0.25) is 0 Å². The Bertz CT molecular complexity index is 723. The maximum Gasteiger partial charge on any atom is 0.244 e. The van der Waals surface area contributed by atoms with Crippen molar-refractivity contribution in [1.29, 1.82) is 5.26 Å². The number of nitriles is 1. The van der Waals surface area contributed by atoms with Gasteiger partial charge in [0.15, 0.2) is 5.78 Å². The van der Waals surface area contributed by atoms with E-state index in [4.69, 9.17) is 0 Å². The van der Waals surface area contributed by atoms with Crippen LogP contribution in [-0.4, -0.2) is 47.6 Å². The van der Waals surface area contributed by atoms with Gasteiger partial charge in [0.1, 0.15) is 10.8 Å². The third kappa shape index (κ3) is 5.53. The van der Waals surface area contributed by atoms with Gasteiger partial charge in [-0.2, -0.15) is 21.3 Å². The molecule has 0 aliphatic carbocycles. The zero-order valence-corrected chi connectivity index (χ0v) is 17.4. The van der Waals surface area contributed by atoms with E-state index in [0.29, 0.717) is 18.8 Å². The van der Waals surface area contributed by atoms with E-state index >= 15 is 0 Å². The number of carbonyl (C=O) groups is 1. The summed E-state index contributed by atoms with van der Waals surface area (Å²) in [6.45, 7) is 8.16. The molecule has 2 atom stereocenters. The fourth-order valence-corrected chi connectivity index (χ4v) is 4.94. The van der Waals surface area contributed by atoms with Crippen LogP contribution >= 0.6 is 11.8 Å². The highest BCUT2D eigenvalue weighted by Crippen LogP contribution is 2.24. The van der Waals surface area contributed by atoms with E-state index in [2.05, 4.69) is 11.9 Å². The highest BCUT2D eigenvalue weighted by Gasteiger charge is 2.28. The van der Waals surface area contributed by atoms with Crippen LogP contribution in [0, 0.1) is 11.3 Å². The minimum absolute atomic E-state index is 0.0689. The molecule has 1 aromatic heterocycles. The molecular weight excluding hydrogens is 370 g/mol. The van der Waals surface area contributed by atoms with Crippen molar-refractivity contribution in [1.82, 2.24) is 9.29 Å². The molecule has 0 fully saturated rings. The number of thioether (sulfide) groups is 1. The minimum atomic E-state index is -3.60. The number of Topliss-reactive ketones (excluding diaryl/α,β-unsaturated/α-hetero) is 1. The Kier molecular flexibility index (Phi) is 9.27. The van der Waals surface area contributed by atoms with Crippen LogP contribution in [0.4, 0.5) is 0 Å². The standard InChI is InChI=1S/C18H27N3O3S2/c1-5-8-11-25-14(4)18(22)16(12-19)17-10-9-15(13-20-17)26(23,24)21(6-2)7-3/h9-10,13-14,16H,5-8,11H2,1-4H3/t14-,16-/m1/s1. The molecule has 0 unspecified atom stereocenters. The molecule has 26 heavy (non-hydrogen) atoms. The summed E-state index contributed by atoms with van der Waals surface area (Å²) >= 11 is 1.53. The average Bonchev–Trinajstić information content (AvgIpc) is 2.63. The van der Waals surface area contributed by atoms with Crippen LogP contribution in [-0.2, 0) is 14.8 Å². The van der Waals surface area contributed by atoms with Crippen LogP contribution in [0.5, 0.6) is 0 Å². The number of carbonyl (C=O) groups excluding carboxylic acids is 1. The maximum absolute atomic E-state index is 12.5. The number of hydrogen-bond acceptors (Lipinski definition) is 6. The number of pyridine rings is 1. The van der Waals surface area contributed by atoms with Crippen molar-refractivity contribution in [2.45, 2.75) is 56.6 Å². The predicted molar refractivity (Wildman–Crippen MR) is 105 cm³/mol. The molecule has 0 aliphatic rings. The van der Waals surface area contributed by atoms with Gasteiger partial charge < -0.3 is 0 Å². The molecule has 1 rings (SSSR count). The second kappa shape index (κ2) is 10.7. The van der Waals surface area contributed by atoms with Crippen molar-refractivity contribution in [3.05, 3.63) is 24.0 Å². The van der Waals surface area contributed by atoms with Gasteiger partial charge in [-0.15, -0.1) is 0 Å².